The van der Waals surface area contributed by atoms with Gasteiger partial charge in [0.05, 0.1) is 12.7 Å². The van der Waals surface area contributed by atoms with E-state index in [1.165, 1.54) is 10.5 Å². The lowest BCUT2D eigenvalue weighted by Crippen LogP contribution is -2.53. The van der Waals surface area contributed by atoms with Crippen LogP contribution in [0.5, 0.6) is 5.75 Å². The summed E-state index contributed by atoms with van der Waals surface area (Å²) in [7, 11) is 1.85. The molecule has 10 nitrogen and oxygen atoms in total. The molecule has 1 atom stereocenters. The van der Waals surface area contributed by atoms with Gasteiger partial charge >= 0.3 is 12.2 Å². The molecule has 0 radical (unpaired) electrons. The number of carboxylic acid groups (broad SMARTS) is 1. The van der Waals surface area contributed by atoms with Crippen LogP contribution in [0.25, 0.3) is 0 Å². The Bertz CT molecular complexity index is 1230. The number of ether oxygens (including phenoxy) is 2. The third-order valence-electron chi connectivity index (χ3n) is 8.26. The number of carbonyl (C=O) groups excluding carboxylic acids is 2. The molecule has 0 bridgehead atoms. The van der Waals surface area contributed by atoms with Crippen molar-refractivity contribution in [2.75, 3.05) is 38.2 Å². The normalized spacial score (nSPS) is 21.2. The Morgan fingerprint density at radius 2 is 1.83 bits per heavy atom. The summed E-state index contributed by atoms with van der Waals surface area (Å²) in [6.45, 7) is 6.92. The summed E-state index contributed by atoms with van der Waals surface area (Å²) in [4.78, 5) is 41.1. The van der Waals surface area contributed by atoms with Gasteiger partial charge in [0, 0.05) is 57.3 Å². The highest BCUT2D eigenvalue weighted by Gasteiger charge is 2.30. The molecule has 1 aliphatic carbocycles. The standard InChI is InChI=1S/C31H42N4O6/c1-21-17-26(10-7-25(21)20-34-14-15-35(31(38)39)22(2)19-34)33(3)29(36)24-8-11-27(12-9-24)41-28-6-4-5-23(18-28)13-16-40-30(32)37/h4-7,10,17-18,22,24,27H,8-9,11-16,19-20H2,1-3H3,(H2,32,37)(H,38,39)/t22-,24?,27?/m0/s1. The number of rotatable bonds is 9. The van der Waals surface area contributed by atoms with E-state index >= 15 is 0 Å². The molecule has 4 rings (SSSR count). The molecule has 3 amide bonds. The van der Waals surface area contributed by atoms with E-state index < -0.39 is 12.2 Å². The molecule has 1 saturated carbocycles. The Morgan fingerprint density at radius 3 is 2.49 bits per heavy atom. The lowest BCUT2D eigenvalue weighted by molar-refractivity contribution is -0.123. The number of carbonyl (C=O) groups is 3. The highest BCUT2D eigenvalue weighted by atomic mass is 16.5. The van der Waals surface area contributed by atoms with Crippen LogP contribution in [0.4, 0.5) is 15.3 Å². The van der Waals surface area contributed by atoms with Crippen LogP contribution < -0.4 is 15.4 Å². The molecule has 2 fully saturated rings. The van der Waals surface area contributed by atoms with Gasteiger partial charge in [0.1, 0.15) is 5.75 Å². The molecule has 41 heavy (non-hydrogen) atoms. The summed E-state index contributed by atoms with van der Waals surface area (Å²) in [5.74, 6) is 0.872. The first kappa shape index (κ1) is 30.2. The topological polar surface area (TPSA) is 126 Å². The van der Waals surface area contributed by atoms with Gasteiger partial charge in [0.2, 0.25) is 5.91 Å². The fourth-order valence-corrected chi connectivity index (χ4v) is 5.83. The predicted octanol–water partition coefficient (Wildman–Crippen LogP) is 4.42. The summed E-state index contributed by atoms with van der Waals surface area (Å²) >= 11 is 0. The van der Waals surface area contributed by atoms with Crippen molar-refractivity contribution in [3.05, 3.63) is 59.2 Å². The van der Waals surface area contributed by atoms with Gasteiger partial charge in [-0.05, 0) is 80.5 Å². The van der Waals surface area contributed by atoms with Crippen LogP contribution in [0.15, 0.2) is 42.5 Å². The molecule has 222 valence electrons. The van der Waals surface area contributed by atoms with Gasteiger partial charge in [0.25, 0.3) is 0 Å². The van der Waals surface area contributed by atoms with Crippen LogP contribution in [-0.2, 0) is 22.5 Å². The Labute approximate surface area is 242 Å². The molecular weight excluding hydrogens is 524 g/mol. The van der Waals surface area contributed by atoms with E-state index in [0.717, 1.165) is 54.8 Å². The number of primary amides is 1. The zero-order chi connectivity index (χ0) is 29.5. The van der Waals surface area contributed by atoms with Crippen molar-refractivity contribution in [3.8, 4) is 5.75 Å². The number of hydrogen-bond donors (Lipinski definition) is 2. The van der Waals surface area contributed by atoms with Crippen molar-refractivity contribution in [3.63, 3.8) is 0 Å². The van der Waals surface area contributed by atoms with Crippen molar-refractivity contribution in [1.29, 1.82) is 0 Å². The second-order valence-corrected chi connectivity index (χ2v) is 11.2. The fourth-order valence-electron chi connectivity index (χ4n) is 5.83. The Hall–Kier alpha value is -3.79. The number of amides is 3. The number of piperazine rings is 1. The van der Waals surface area contributed by atoms with E-state index in [2.05, 4.69) is 24.0 Å². The van der Waals surface area contributed by atoms with Gasteiger partial charge in [-0.1, -0.05) is 18.2 Å². The van der Waals surface area contributed by atoms with E-state index in [4.69, 9.17) is 15.2 Å². The van der Waals surface area contributed by atoms with Crippen LogP contribution >= 0.6 is 0 Å². The minimum atomic E-state index is -0.859. The van der Waals surface area contributed by atoms with Crippen LogP contribution in [-0.4, -0.2) is 78.4 Å². The van der Waals surface area contributed by atoms with Crippen LogP contribution in [0.1, 0.15) is 49.3 Å². The van der Waals surface area contributed by atoms with Crippen molar-refractivity contribution in [2.24, 2.45) is 11.7 Å². The molecule has 1 heterocycles. The molecule has 2 aromatic carbocycles. The summed E-state index contributed by atoms with van der Waals surface area (Å²) in [5, 5.41) is 9.32. The van der Waals surface area contributed by atoms with Gasteiger partial charge in [0.15, 0.2) is 0 Å². The monoisotopic (exact) mass is 566 g/mol. The summed E-state index contributed by atoms with van der Waals surface area (Å²) in [5.41, 5.74) is 9.22. The fraction of sp³-hybridized carbons (Fsp3) is 0.516. The molecule has 0 spiro atoms. The predicted molar refractivity (Wildman–Crippen MR) is 156 cm³/mol. The molecule has 1 saturated heterocycles. The molecule has 0 aromatic heterocycles. The van der Waals surface area contributed by atoms with E-state index in [1.54, 1.807) is 4.90 Å². The van der Waals surface area contributed by atoms with Crippen molar-refractivity contribution in [1.82, 2.24) is 9.80 Å². The first-order chi connectivity index (χ1) is 19.6. The third-order valence-corrected chi connectivity index (χ3v) is 8.26. The second kappa shape index (κ2) is 13.7. The van der Waals surface area contributed by atoms with Crippen LogP contribution in [0.2, 0.25) is 0 Å². The number of benzene rings is 2. The van der Waals surface area contributed by atoms with Crippen LogP contribution in [0, 0.1) is 12.8 Å². The molecule has 3 N–H and O–H groups in total. The van der Waals surface area contributed by atoms with Gasteiger partial charge in [-0.2, -0.15) is 0 Å². The third kappa shape index (κ3) is 8.13. The lowest BCUT2D eigenvalue weighted by Gasteiger charge is -2.38. The first-order valence-corrected chi connectivity index (χ1v) is 14.4. The summed E-state index contributed by atoms with van der Waals surface area (Å²) in [6.07, 6.45) is 2.16. The zero-order valence-electron chi connectivity index (χ0n) is 24.3. The maximum atomic E-state index is 13.4. The quantitative estimate of drug-likeness (QED) is 0.460. The van der Waals surface area contributed by atoms with Gasteiger partial charge < -0.3 is 30.1 Å². The van der Waals surface area contributed by atoms with Crippen molar-refractivity contribution in [2.45, 2.75) is 64.6 Å². The largest absolute Gasteiger partial charge is 0.490 e. The molecule has 0 unspecified atom stereocenters. The minimum absolute atomic E-state index is 0.0372. The summed E-state index contributed by atoms with van der Waals surface area (Å²) < 4.78 is 11.0. The van der Waals surface area contributed by atoms with Gasteiger partial charge in [-0.3, -0.25) is 9.69 Å². The first-order valence-electron chi connectivity index (χ1n) is 14.4. The molecule has 10 heteroatoms. The van der Waals surface area contributed by atoms with E-state index in [9.17, 15) is 19.5 Å². The van der Waals surface area contributed by atoms with Crippen molar-refractivity contribution >= 4 is 23.8 Å². The highest BCUT2D eigenvalue weighted by molar-refractivity contribution is 5.94. The van der Waals surface area contributed by atoms with Gasteiger partial charge in [-0.25, -0.2) is 9.59 Å². The smallest absolute Gasteiger partial charge is 0.407 e. The van der Waals surface area contributed by atoms with E-state index in [-0.39, 0.29) is 30.6 Å². The van der Waals surface area contributed by atoms with E-state index in [0.29, 0.717) is 26.1 Å². The summed E-state index contributed by atoms with van der Waals surface area (Å²) in [6, 6.07) is 13.9. The molecule has 2 aromatic rings. The SMILES string of the molecule is Cc1cc(N(C)C(=O)C2CCC(Oc3cccc(CCOC(N)=O)c3)CC2)ccc1CN1CCN(C(=O)O)[C@@H](C)C1. The van der Waals surface area contributed by atoms with E-state index in [1.807, 2.05) is 44.3 Å². The Kier molecular flexibility index (Phi) is 10.1. The zero-order valence-corrected chi connectivity index (χ0v) is 24.3. The number of nitrogens with two attached hydrogens (primary N) is 1. The highest BCUT2D eigenvalue weighted by Crippen LogP contribution is 2.31. The average molecular weight is 567 g/mol. The molecule has 2 aliphatic rings. The maximum absolute atomic E-state index is 13.4. The molecular formula is C31H42N4O6. The molecule has 1 aliphatic heterocycles. The maximum Gasteiger partial charge on any atom is 0.407 e. The lowest BCUT2D eigenvalue weighted by atomic mass is 9.86. The second-order valence-electron chi connectivity index (χ2n) is 11.2. The number of anilines is 1. The number of aryl methyl sites for hydroxylation is 1. The number of hydrogen-bond acceptors (Lipinski definition) is 6. The average Bonchev–Trinajstić information content (AvgIpc) is 2.93. The Morgan fingerprint density at radius 1 is 1.07 bits per heavy atom. The van der Waals surface area contributed by atoms with Gasteiger partial charge in [-0.15, -0.1) is 0 Å². The minimum Gasteiger partial charge on any atom is -0.490 e. The Balaban J connectivity index is 1.26. The number of nitrogens with zero attached hydrogens (tertiary/aromatic N) is 3. The van der Waals surface area contributed by atoms with Crippen LogP contribution in [0.3, 0.4) is 0 Å². The van der Waals surface area contributed by atoms with Crippen molar-refractivity contribution < 1.29 is 29.0 Å².